The van der Waals surface area contributed by atoms with E-state index in [2.05, 4.69) is 34.1 Å². The maximum atomic E-state index is 13.0. The van der Waals surface area contributed by atoms with Gasteiger partial charge >= 0.3 is 0 Å². The van der Waals surface area contributed by atoms with Gasteiger partial charge in [-0.25, -0.2) is 14.4 Å². The van der Waals surface area contributed by atoms with Crippen molar-refractivity contribution in [3.8, 4) is 0 Å². The van der Waals surface area contributed by atoms with E-state index in [1.54, 1.807) is 6.08 Å². The molecule has 3 N–H and O–H groups in total. The highest BCUT2D eigenvalue weighted by Gasteiger charge is 2.07. The van der Waals surface area contributed by atoms with Gasteiger partial charge in [-0.2, -0.15) is 4.98 Å². The topological polar surface area (TPSA) is 76.7 Å². The van der Waals surface area contributed by atoms with E-state index in [9.17, 15) is 4.39 Å². The molecule has 0 fully saturated rings. The second-order valence-corrected chi connectivity index (χ2v) is 5.12. The van der Waals surface area contributed by atoms with Gasteiger partial charge in [0.1, 0.15) is 6.33 Å². The summed E-state index contributed by atoms with van der Waals surface area (Å²) in [5, 5.41) is 3.19. The SMILES string of the molecule is CC/C(CCC(C)Nc1ncnc(N)n1)=C(C)\C=C(/C)F. The fourth-order valence-electron chi connectivity index (χ4n) is 2.11. The number of nitrogens with one attached hydrogen (secondary N) is 1. The van der Waals surface area contributed by atoms with E-state index in [4.69, 9.17) is 5.73 Å². The monoisotopic (exact) mass is 293 g/mol. The molecule has 1 aromatic heterocycles. The second-order valence-electron chi connectivity index (χ2n) is 5.12. The first-order valence-corrected chi connectivity index (χ1v) is 7.15. The van der Waals surface area contributed by atoms with Crippen LogP contribution in [0, 0.1) is 0 Å². The summed E-state index contributed by atoms with van der Waals surface area (Å²) in [5.74, 6) is 0.520. The van der Waals surface area contributed by atoms with E-state index in [0.29, 0.717) is 5.95 Å². The molecule has 1 unspecified atom stereocenters. The van der Waals surface area contributed by atoms with Crippen molar-refractivity contribution in [3.05, 3.63) is 29.4 Å². The average molecular weight is 293 g/mol. The van der Waals surface area contributed by atoms with Crippen LogP contribution >= 0.6 is 0 Å². The van der Waals surface area contributed by atoms with Gasteiger partial charge in [0.05, 0.1) is 5.83 Å². The zero-order valence-corrected chi connectivity index (χ0v) is 13.2. The Kier molecular flexibility index (Phi) is 6.78. The molecule has 0 aliphatic heterocycles. The summed E-state index contributed by atoms with van der Waals surface area (Å²) in [7, 11) is 0. The zero-order chi connectivity index (χ0) is 15.8. The normalized spacial score (nSPS) is 14.6. The molecule has 0 spiro atoms. The molecule has 116 valence electrons. The molecule has 0 amide bonds. The molecule has 6 heteroatoms. The minimum absolute atomic E-state index is 0.162. The van der Waals surface area contributed by atoms with E-state index >= 15 is 0 Å². The van der Waals surface area contributed by atoms with E-state index in [1.807, 2.05) is 6.92 Å². The largest absolute Gasteiger partial charge is 0.368 e. The third kappa shape index (κ3) is 6.33. The number of rotatable bonds is 7. The molecule has 5 nitrogen and oxygen atoms in total. The lowest BCUT2D eigenvalue weighted by atomic mass is 9.99. The lowest BCUT2D eigenvalue weighted by molar-refractivity contribution is 0.638. The van der Waals surface area contributed by atoms with Crippen LogP contribution in [-0.2, 0) is 0 Å². The molecule has 0 bridgehead atoms. The van der Waals surface area contributed by atoms with Crippen LogP contribution in [0.4, 0.5) is 16.3 Å². The van der Waals surface area contributed by atoms with Crippen LogP contribution in [0.25, 0.3) is 0 Å². The van der Waals surface area contributed by atoms with Crippen molar-refractivity contribution in [3.63, 3.8) is 0 Å². The molecule has 0 saturated carbocycles. The summed E-state index contributed by atoms with van der Waals surface area (Å²) in [6.07, 6.45) is 5.70. The third-order valence-corrected chi connectivity index (χ3v) is 3.24. The predicted molar refractivity (Wildman–Crippen MR) is 84.4 cm³/mol. The summed E-state index contributed by atoms with van der Waals surface area (Å²) in [4.78, 5) is 11.8. The van der Waals surface area contributed by atoms with Crippen LogP contribution in [0.1, 0.15) is 47.0 Å². The minimum Gasteiger partial charge on any atom is -0.368 e. The Balaban J connectivity index is 2.59. The highest BCUT2D eigenvalue weighted by molar-refractivity contribution is 5.30. The maximum Gasteiger partial charge on any atom is 0.227 e. The first-order chi connectivity index (χ1) is 9.92. The van der Waals surface area contributed by atoms with Gasteiger partial charge in [0.25, 0.3) is 0 Å². The zero-order valence-electron chi connectivity index (χ0n) is 13.2. The molecule has 0 aliphatic carbocycles. The standard InChI is InChI=1S/C15H24FN5/c1-5-13(10(2)8-11(3)16)7-6-12(4)20-15-19-9-18-14(17)21-15/h8-9,12H,5-7H2,1-4H3,(H3,17,18,19,20,21)/b11-8+,13-10+. The molecule has 0 aromatic carbocycles. The van der Waals surface area contributed by atoms with Gasteiger partial charge in [-0.3, -0.25) is 0 Å². The first-order valence-electron chi connectivity index (χ1n) is 7.15. The van der Waals surface area contributed by atoms with E-state index in [1.165, 1.54) is 18.8 Å². The van der Waals surface area contributed by atoms with E-state index in [0.717, 1.165) is 24.8 Å². The molecule has 1 aromatic rings. The van der Waals surface area contributed by atoms with Gasteiger partial charge in [0, 0.05) is 6.04 Å². The van der Waals surface area contributed by atoms with Crippen molar-refractivity contribution in [1.82, 2.24) is 15.0 Å². The Labute approximate surface area is 125 Å². The highest BCUT2D eigenvalue weighted by Crippen LogP contribution is 2.19. The van der Waals surface area contributed by atoms with Gasteiger partial charge < -0.3 is 11.1 Å². The quantitative estimate of drug-likeness (QED) is 0.751. The van der Waals surface area contributed by atoms with Crippen LogP contribution < -0.4 is 11.1 Å². The molecule has 0 aliphatic rings. The lowest BCUT2D eigenvalue weighted by Crippen LogP contribution is -2.18. The van der Waals surface area contributed by atoms with Gasteiger partial charge in [0.15, 0.2) is 0 Å². The van der Waals surface area contributed by atoms with E-state index < -0.39 is 0 Å². The average Bonchev–Trinajstić information content (AvgIpc) is 2.38. The molecular weight excluding hydrogens is 269 g/mol. The summed E-state index contributed by atoms with van der Waals surface area (Å²) in [5.41, 5.74) is 7.78. The van der Waals surface area contributed by atoms with Crippen molar-refractivity contribution >= 4 is 11.9 Å². The number of halogens is 1. The molecule has 1 atom stereocenters. The minimum atomic E-state index is -0.162. The lowest BCUT2D eigenvalue weighted by Gasteiger charge is -2.15. The van der Waals surface area contributed by atoms with Gasteiger partial charge in [-0.1, -0.05) is 12.5 Å². The fraction of sp³-hybridized carbons (Fsp3) is 0.533. The van der Waals surface area contributed by atoms with Gasteiger partial charge in [0.2, 0.25) is 11.9 Å². The van der Waals surface area contributed by atoms with Crippen LogP contribution in [0.3, 0.4) is 0 Å². The maximum absolute atomic E-state index is 13.0. The van der Waals surface area contributed by atoms with E-state index in [-0.39, 0.29) is 17.8 Å². The summed E-state index contributed by atoms with van der Waals surface area (Å²) < 4.78 is 13.0. The number of anilines is 2. The Morgan fingerprint density at radius 3 is 2.71 bits per heavy atom. The number of nitrogens with zero attached hydrogens (tertiary/aromatic N) is 3. The van der Waals surface area contributed by atoms with Crippen molar-refractivity contribution in [2.75, 3.05) is 11.1 Å². The van der Waals surface area contributed by atoms with Crippen molar-refractivity contribution < 1.29 is 4.39 Å². The number of allylic oxidation sites excluding steroid dienone is 4. The molecular formula is C15H24FN5. The second kappa shape index (κ2) is 8.34. The summed E-state index contributed by atoms with van der Waals surface area (Å²) >= 11 is 0. The number of nitrogens with two attached hydrogens (primary N) is 1. The smallest absolute Gasteiger partial charge is 0.227 e. The molecule has 0 saturated heterocycles. The Morgan fingerprint density at radius 1 is 1.43 bits per heavy atom. The number of nitrogen functional groups attached to an aromatic ring is 1. The number of hydrogen-bond donors (Lipinski definition) is 2. The van der Waals surface area contributed by atoms with Crippen molar-refractivity contribution in [1.29, 1.82) is 0 Å². The molecule has 0 radical (unpaired) electrons. The summed E-state index contributed by atoms with van der Waals surface area (Å²) in [6.45, 7) is 7.56. The van der Waals surface area contributed by atoms with Crippen LogP contribution in [0.5, 0.6) is 0 Å². The summed E-state index contributed by atoms with van der Waals surface area (Å²) in [6, 6.07) is 0.191. The van der Waals surface area contributed by atoms with Gasteiger partial charge in [-0.05, 0) is 51.7 Å². The van der Waals surface area contributed by atoms with Gasteiger partial charge in [-0.15, -0.1) is 0 Å². The van der Waals surface area contributed by atoms with Crippen molar-refractivity contribution in [2.45, 2.75) is 53.0 Å². The highest BCUT2D eigenvalue weighted by atomic mass is 19.1. The van der Waals surface area contributed by atoms with Crippen LogP contribution in [0.15, 0.2) is 29.4 Å². The first kappa shape index (κ1) is 17.1. The third-order valence-electron chi connectivity index (χ3n) is 3.24. The molecule has 1 heterocycles. The predicted octanol–water partition coefficient (Wildman–Crippen LogP) is 3.63. The molecule has 21 heavy (non-hydrogen) atoms. The Bertz CT molecular complexity index is 521. The number of aromatic nitrogens is 3. The Morgan fingerprint density at radius 2 is 2.14 bits per heavy atom. The fourth-order valence-corrected chi connectivity index (χ4v) is 2.11. The number of hydrogen-bond acceptors (Lipinski definition) is 5. The van der Waals surface area contributed by atoms with Crippen LogP contribution in [-0.4, -0.2) is 21.0 Å². The van der Waals surface area contributed by atoms with Crippen molar-refractivity contribution in [2.24, 2.45) is 0 Å². The Hall–Kier alpha value is -1.98. The molecule has 1 rings (SSSR count). The van der Waals surface area contributed by atoms with Crippen LogP contribution in [0.2, 0.25) is 0 Å².